The molecule has 1 aromatic carbocycles. The van der Waals surface area contributed by atoms with Crippen molar-refractivity contribution in [2.75, 3.05) is 0 Å². The first kappa shape index (κ1) is 17.7. The molecule has 0 spiro atoms. The van der Waals surface area contributed by atoms with Gasteiger partial charge >= 0.3 is 0 Å². The highest BCUT2D eigenvalue weighted by molar-refractivity contribution is 7.89. The zero-order valence-corrected chi connectivity index (χ0v) is 13.8. The molecule has 6 heteroatoms. The van der Waals surface area contributed by atoms with E-state index in [1.807, 2.05) is 6.92 Å². The van der Waals surface area contributed by atoms with Gasteiger partial charge in [0.15, 0.2) is 0 Å². The predicted molar refractivity (Wildman–Crippen MR) is 83.6 cm³/mol. The van der Waals surface area contributed by atoms with Crippen molar-refractivity contribution in [1.29, 1.82) is 0 Å². The molecule has 3 N–H and O–H groups in total. The van der Waals surface area contributed by atoms with Gasteiger partial charge in [-0.25, -0.2) is 13.6 Å². The van der Waals surface area contributed by atoms with Crippen LogP contribution in [0.4, 0.5) is 0 Å². The number of carbonyl (C=O) groups is 1. The van der Waals surface area contributed by atoms with Gasteiger partial charge in [-0.15, -0.1) is 0 Å². The fourth-order valence-electron chi connectivity index (χ4n) is 1.98. The first-order valence-corrected chi connectivity index (χ1v) is 8.60. The highest BCUT2D eigenvalue weighted by Gasteiger charge is 2.16. The van der Waals surface area contributed by atoms with Gasteiger partial charge in [-0.3, -0.25) is 4.79 Å². The molecule has 1 unspecified atom stereocenters. The Morgan fingerprint density at radius 3 is 2.38 bits per heavy atom. The second-order valence-corrected chi connectivity index (χ2v) is 7.43. The summed E-state index contributed by atoms with van der Waals surface area (Å²) >= 11 is 0. The van der Waals surface area contributed by atoms with Gasteiger partial charge in [0.2, 0.25) is 10.0 Å². The summed E-state index contributed by atoms with van der Waals surface area (Å²) in [7, 11) is -3.81. The summed E-state index contributed by atoms with van der Waals surface area (Å²) in [5, 5.41) is 8.00. The van der Waals surface area contributed by atoms with Gasteiger partial charge in [0.1, 0.15) is 0 Å². The van der Waals surface area contributed by atoms with Crippen molar-refractivity contribution in [3.05, 3.63) is 29.3 Å². The average molecular weight is 312 g/mol. The molecule has 118 valence electrons. The molecule has 1 aromatic rings. The SMILES string of the molecule is Cc1ccc(S(N)(=O)=O)cc1C(=O)NC(C)CCC(C)C. The molecule has 21 heavy (non-hydrogen) atoms. The van der Waals surface area contributed by atoms with Crippen LogP contribution in [0.25, 0.3) is 0 Å². The minimum absolute atomic E-state index is 0.0393. The van der Waals surface area contributed by atoms with E-state index in [0.29, 0.717) is 11.5 Å². The third-order valence-corrected chi connectivity index (χ3v) is 4.25. The molecule has 0 bridgehead atoms. The number of aryl methyl sites for hydroxylation is 1. The molecule has 5 nitrogen and oxygen atoms in total. The standard InChI is InChI=1S/C15H24N2O3S/c1-10(2)5-7-12(4)17-15(18)14-9-13(21(16,19)20)8-6-11(14)3/h6,8-10,12H,5,7H2,1-4H3,(H,17,18)(H2,16,19,20). The first-order chi connectivity index (χ1) is 9.61. The molecule has 0 saturated carbocycles. The molecule has 1 rings (SSSR count). The van der Waals surface area contributed by atoms with Crippen LogP contribution >= 0.6 is 0 Å². The van der Waals surface area contributed by atoms with Gasteiger partial charge < -0.3 is 5.32 Å². The summed E-state index contributed by atoms with van der Waals surface area (Å²) in [6, 6.07) is 4.36. The van der Waals surface area contributed by atoms with Crippen LogP contribution in [0.15, 0.2) is 23.1 Å². The largest absolute Gasteiger partial charge is 0.350 e. The van der Waals surface area contributed by atoms with Crippen molar-refractivity contribution in [2.24, 2.45) is 11.1 Å². The van der Waals surface area contributed by atoms with E-state index in [-0.39, 0.29) is 16.8 Å². The zero-order valence-electron chi connectivity index (χ0n) is 13.0. The van der Waals surface area contributed by atoms with Crippen molar-refractivity contribution >= 4 is 15.9 Å². The van der Waals surface area contributed by atoms with Gasteiger partial charge in [-0.1, -0.05) is 19.9 Å². The Morgan fingerprint density at radius 1 is 1.24 bits per heavy atom. The van der Waals surface area contributed by atoms with Gasteiger partial charge in [-0.2, -0.15) is 0 Å². The van der Waals surface area contributed by atoms with Crippen molar-refractivity contribution in [2.45, 2.75) is 51.5 Å². The molecule has 0 saturated heterocycles. The number of amides is 1. The molecule has 0 heterocycles. The molecule has 1 atom stereocenters. The van der Waals surface area contributed by atoms with Crippen molar-refractivity contribution in [3.63, 3.8) is 0 Å². The Hall–Kier alpha value is -1.40. The minimum atomic E-state index is -3.81. The number of nitrogens with two attached hydrogens (primary N) is 1. The van der Waals surface area contributed by atoms with Crippen LogP contribution in [0, 0.1) is 12.8 Å². The quantitative estimate of drug-likeness (QED) is 0.844. The summed E-state index contributed by atoms with van der Waals surface area (Å²) in [5.41, 5.74) is 1.06. The van der Waals surface area contributed by atoms with Crippen LogP contribution in [-0.4, -0.2) is 20.4 Å². The van der Waals surface area contributed by atoms with E-state index in [4.69, 9.17) is 5.14 Å². The number of benzene rings is 1. The molecular weight excluding hydrogens is 288 g/mol. The lowest BCUT2D eigenvalue weighted by atomic mass is 10.0. The lowest BCUT2D eigenvalue weighted by molar-refractivity contribution is 0.0936. The van der Waals surface area contributed by atoms with Gasteiger partial charge in [0.25, 0.3) is 5.91 Å². The Bertz CT molecular complexity index is 609. The molecule has 0 aliphatic heterocycles. The van der Waals surface area contributed by atoms with Gasteiger partial charge in [-0.05, 0) is 50.3 Å². The number of hydrogen-bond acceptors (Lipinski definition) is 3. The number of sulfonamides is 1. The van der Waals surface area contributed by atoms with Crippen LogP contribution in [0.2, 0.25) is 0 Å². The van der Waals surface area contributed by atoms with Crippen molar-refractivity contribution in [1.82, 2.24) is 5.32 Å². The monoisotopic (exact) mass is 312 g/mol. The highest BCUT2D eigenvalue weighted by Crippen LogP contribution is 2.15. The Morgan fingerprint density at radius 2 is 1.86 bits per heavy atom. The van der Waals surface area contributed by atoms with E-state index in [9.17, 15) is 13.2 Å². The second-order valence-electron chi connectivity index (χ2n) is 5.87. The van der Waals surface area contributed by atoms with E-state index < -0.39 is 10.0 Å². The summed E-state index contributed by atoms with van der Waals surface area (Å²) < 4.78 is 22.7. The van der Waals surface area contributed by atoms with Crippen LogP contribution in [-0.2, 0) is 10.0 Å². The number of hydrogen-bond donors (Lipinski definition) is 2. The molecule has 1 amide bonds. The summed E-state index contributed by atoms with van der Waals surface area (Å²) in [4.78, 5) is 12.2. The maximum absolute atomic E-state index is 12.3. The number of rotatable bonds is 6. The van der Waals surface area contributed by atoms with E-state index >= 15 is 0 Å². The molecule has 0 aliphatic rings. The predicted octanol–water partition coefficient (Wildman–Crippen LogP) is 2.20. The lowest BCUT2D eigenvalue weighted by Crippen LogP contribution is -2.33. The molecule has 0 aromatic heterocycles. The number of nitrogens with one attached hydrogen (secondary N) is 1. The second kappa shape index (κ2) is 7.04. The van der Waals surface area contributed by atoms with E-state index in [2.05, 4.69) is 19.2 Å². The average Bonchev–Trinajstić information content (AvgIpc) is 2.35. The van der Waals surface area contributed by atoms with E-state index in [1.54, 1.807) is 13.0 Å². The van der Waals surface area contributed by atoms with Gasteiger partial charge in [0.05, 0.1) is 4.90 Å². The van der Waals surface area contributed by atoms with Crippen molar-refractivity contribution in [3.8, 4) is 0 Å². The zero-order chi connectivity index (χ0) is 16.2. The summed E-state index contributed by atoms with van der Waals surface area (Å²) in [5.74, 6) is 0.311. The Kier molecular flexibility index (Phi) is 5.92. The molecule has 0 fully saturated rings. The highest BCUT2D eigenvalue weighted by atomic mass is 32.2. The fraction of sp³-hybridized carbons (Fsp3) is 0.533. The number of primary sulfonamides is 1. The van der Waals surface area contributed by atoms with E-state index in [1.165, 1.54) is 12.1 Å². The first-order valence-electron chi connectivity index (χ1n) is 7.05. The van der Waals surface area contributed by atoms with Gasteiger partial charge in [0, 0.05) is 11.6 Å². The fourth-order valence-corrected chi connectivity index (χ4v) is 2.52. The smallest absolute Gasteiger partial charge is 0.251 e. The number of carbonyl (C=O) groups excluding carboxylic acids is 1. The van der Waals surface area contributed by atoms with Crippen LogP contribution < -0.4 is 10.5 Å². The third-order valence-electron chi connectivity index (χ3n) is 3.34. The van der Waals surface area contributed by atoms with Crippen LogP contribution in [0.1, 0.15) is 49.5 Å². The van der Waals surface area contributed by atoms with Crippen LogP contribution in [0.5, 0.6) is 0 Å². The van der Waals surface area contributed by atoms with Crippen LogP contribution in [0.3, 0.4) is 0 Å². The Balaban J connectivity index is 2.87. The van der Waals surface area contributed by atoms with E-state index in [0.717, 1.165) is 18.4 Å². The molecule has 0 radical (unpaired) electrons. The lowest BCUT2D eigenvalue weighted by Gasteiger charge is -2.16. The molecular formula is C15H24N2O3S. The topological polar surface area (TPSA) is 89.3 Å². The summed E-state index contributed by atoms with van der Waals surface area (Å²) in [6.07, 6.45) is 1.91. The Labute approximate surface area is 127 Å². The summed E-state index contributed by atoms with van der Waals surface area (Å²) in [6.45, 7) is 7.97. The third kappa shape index (κ3) is 5.47. The molecule has 0 aliphatic carbocycles. The maximum atomic E-state index is 12.3. The minimum Gasteiger partial charge on any atom is -0.350 e. The maximum Gasteiger partial charge on any atom is 0.251 e. The normalized spacial score (nSPS) is 13.2. The van der Waals surface area contributed by atoms with Crippen molar-refractivity contribution < 1.29 is 13.2 Å².